The molecule has 0 saturated carbocycles. The largest absolute Gasteiger partial charge is 0.303 e. The summed E-state index contributed by atoms with van der Waals surface area (Å²) in [6.07, 6.45) is 5.28. The predicted octanol–water partition coefficient (Wildman–Crippen LogP) is 1.85. The zero-order valence-corrected chi connectivity index (χ0v) is 10.4. The van der Waals surface area contributed by atoms with Gasteiger partial charge in [0, 0.05) is 18.1 Å². The molecule has 0 aliphatic carbocycles. The van der Waals surface area contributed by atoms with Gasteiger partial charge in [0.1, 0.15) is 5.54 Å². The molecule has 1 N–H and O–H groups in total. The highest BCUT2D eigenvalue weighted by atomic mass is 32.2. The van der Waals surface area contributed by atoms with Crippen molar-refractivity contribution in [2.24, 2.45) is 0 Å². The van der Waals surface area contributed by atoms with Gasteiger partial charge in [0.05, 0.1) is 6.07 Å². The van der Waals surface area contributed by atoms with Gasteiger partial charge in [-0.3, -0.25) is 0 Å². The molecule has 0 amide bonds. The van der Waals surface area contributed by atoms with Gasteiger partial charge in [-0.15, -0.1) is 0 Å². The van der Waals surface area contributed by atoms with Crippen LogP contribution < -0.4 is 5.32 Å². The number of rotatable bonds is 6. The van der Waals surface area contributed by atoms with Crippen LogP contribution in [0.1, 0.15) is 19.8 Å². The highest BCUT2D eigenvalue weighted by Crippen LogP contribution is 2.17. The molecule has 4 nitrogen and oxygen atoms in total. The van der Waals surface area contributed by atoms with Crippen molar-refractivity contribution in [2.45, 2.75) is 30.5 Å². The van der Waals surface area contributed by atoms with E-state index in [9.17, 15) is 0 Å². The number of thioether (sulfide) groups is 1. The van der Waals surface area contributed by atoms with E-state index < -0.39 is 5.54 Å². The van der Waals surface area contributed by atoms with Crippen molar-refractivity contribution in [1.29, 1.82) is 5.26 Å². The van der Waals surface area contributed by atoms with Crippen LogP contribution in [0.5, 0.6) is 0 Å². The van der Waals surface area contributed by atoms with Gasteiger partial charge in [0.15, 0.2) is 5.16 Å². The molecule has 0 aromatic carbocycles. The third kappa shape index (κ3) is 4.17. The summed E-state index contributed by atoms with van der Waals surface area (Å²) in [5.41, 5.74) is -0.419. The summed E-state index contributed by atoms with van der Waals surface area (Å²) in [6, 6.07) is 4.08. The van der Waals surface area contributed by atoms with E-state index in [4.69, 9.17) is 5.26 Å². The van der Waals surface area contributed by atoms with E-state index in [2.05, 4.69) is 21.4 Å². The summed E-state index contributed by atoms with van der Waals surface area (Å²) in [5.74, 6) is 0.933. The molecule has 1 rings (SSSR count). The van der Waals surface area contributed by atoms with Gasteiger partial charge in [-0.25, -0.2) is 9.97 Å². The van der Waals surface area contributed by atoms with Gasteiger partial charge < -0.3 is 5.32 Å². The molecule has 5 heteroatoms. The third-order valence-electron chi connectivity index (χ3n) is 2.39. The molecule has 1 unspecified atom stereocenters. The SMILES string of the molecule is CNC(C)(C#N)CCCSc1ncccn1. The molecule has 0 aliphatic rings. The van der Waals surface area contributed by atoms with Crippen LogP contribution in [0.15, 0.2) is 23.6 Å². The molecular formula is C11H16N4S. The topological polar surface area (TPSA) is 61.6 Å². The van der Waals surface area contributed by atoms with Crippen LogP contribution in [0.3, 0.4) is 0 Å². The Morgan fingerprint density at radius 3 is 2.75 bits per heavy atom. The van der Waals surface area contributed by atoms with Gasteiger partial charge in [0.25, 0.3) is 0 Å². The number of nitriles is 1. The lowest BCUT2D eigenvalue weighted by atomic mass is 9.99. The fourth-order valence-electron chi connectivity index (χ4n) is 1.19. The Bertz CT molecular complexity index is 349. The Hall–Kier alpha value is -1.12. The van der Waals surface area contributed by atoms with Crippen LogP contribution in [0, 0.1) is 11.3 Å². The fraction of sp³-hybridized carbons (Fsp3) is 0.545. The predicted molar refractivity (Wildman–Crippen MR) is 65.1 cm³/mol. The van der Waals surface area contributed by atoms with Crippen LogP contribution in [0.25, 0.3) is 0 Å². The molecule has 0 fully saturated rings. The lowest BCUT2D eigenvalue weighted by Crippen LogP contribution is -2.37. The Balaban J connectivity index is 2.25. The maximum absolute atomic E-state index is 8.96. The molecule has 0 radical (unpaired) electrons. The van der Waals surface area contributed by atoms with Crippen molar-refractivity contribution in [2.75, 3.05) is 12.8 Å². The second kappa shape index (κ2) is 6.46. The second-order valence-corrected chi connectivity index (χ2v) is 4.74. The first-order valence-corrected chi connectivity index (χ1v) is 6.19. The minimum atomic E-state index is -0.419. The summed E-state index contributed by atoms with van der Waals surface area (Å²) in [5, 5.41) is 12.8. The summed E-state index contributed by atoms with van der Waals surface area (Å²) in [7, 11) is 1.82. The van der Waals surface area contributed by atoms with Crippen molar-refractivity contribution in [1.82, 2.24) is 15.3 Å². The molecule has 1 atom stereocenters. The highest BCUT2D eigenvalue weighted by Gasteiger charge is 2.19. The Morgan fingerprint density at radius 2 is 2.19 bits per heavy atom. The van der Waals surface area contributed by atoms with E-state index in [1.54, 1.807) is 30.2 Å². The normalized spacial score (nSPS) is 14.1. The van der Waals surface area contributed by atoms with E-state index >= 15 is 0 Å². The zero-order chi connectivity index (χ0) is 11.9. The van der Waals surface area contributed by atoms with Crippen molar-refractivity contribution < 1.29 is 0 Å². The van der Waals surface area contributed by atoms with Crippen molar-refractivity contribution in [3.8, 4) is 6.07 Å². The lowest BCUT2D eigenvalue weighted by molar-refractivity contribution is 0.451. The van der Waals surface area contributed by atoms with E-state index in [0.717, 1.165) is 23.8 Å². The smallest absolute Gasteiger partial charge is 0.187 e. The minimum absolute atomic E-state index is 0.419. The van der Waals surface area contributed by atoms with Crippen LogP contribution in [-0.4, -0.2) is 28.3 Å². The van der Waals surface area contributed by atoms with E-state index in [1.165, 1.54) is 0 Å². The quantitative estimate of drug-likeness (QED) is 0.464. The monoisotopic (exact) mass is 236 g/mol. The van der Waals surface area contributed by atoms with Crippen molar-refractivity contribution in [3.05, 3.63) is 18.5 Å². The molecule has 86 valence electrons. The third-order valence-corrected chi connectivity index (χ3v) is 3.35. The van der Waals surface area contributed by atoms with Crippen LogP contribution in [0.4, 0.5) is 0 Å². The van der Waals surface area contributed by atoms with E-state index in [1.807, 2.05) is 14.0 Å². The molecule has 1 heterocycles. The first-order valence-electron chi connectivity index (χ1n) is 5.20. The summed E-state index contributed by atoms with van der Waals surface area (Å²) in [6.45, 7) is 1.91. The standard InChI is InChI=1S/C11H16N4S/c1-11(9-12,13-2)5-3-8-16-10-14-6-4-7-15-10/h4,6-7,13H,3,5,8H2,1-2H3. The van der Waals surface area contributed by atoms with Gasteiger partial charge in [-0.2, -0.15) is 5.26 Å². The number of aromatic nitrogens is 2. The molecule has 1 aromatic rings. The van der Waals surface area contributed by atoms with Crippen molar-refractivity contribution in [3.63, 3.8) is 0 Å². The Kier molecular flexibility index (Phi) is 5.23. The molecule has 0 bridgehead atoms. The zero-order valence-electron chi connectivity index (χ0n) is 9.60. The average molecular weight is 236 g/mol. The number of hydrogen-bond donors (Lipinski definition) is 1. The molecule has 0 saturated heterocycles. The molecule has 1 aromatic heterocycles. The maximum atomic E-state index is 8.96. The number of nitrogens with zero attached hydrogens (tertiary/aromatic N) is 3. The van der Waals surface area contributed by atoms with Gasteiger partial charge >= 0.3 is 0 Å². The molecular weight excluding hydrogens is 220 g/mol. The summed E-state index contributed by atoms with van der Waals surface area (Å²) < 4.78 is 0. The fourth-order valence-corrected chi connectivity index (χ4v) is 1.93. The van der Waals surface area contributed by atoms with Gasteiger partial charge in [-0.05, 0) is 32.9 Å². The lowest BCUT2D eigenvalue weighted by Gasteiger charge is -2.19. The molecule has 16 heavy (non-hydrogen) atoms. The Labute approximate surface area is 100 Å². The number of nitrogens with one attached hydrogen (secondary N) is 1. The first kappa shape index (κ1) is 12.9. The Morgan fingerprint density at radius 1 is 1.50 bits per heavy atom. The first-order chi connectivity index (χ1) is 7.70. The average Bonchev–Trinajstić information content (AvgIpc) is 2.36. The van der Waals surface area contributed by atoms with Gasteiger partial charge in [0.2, 0.25) is 0 Å². The highest BCUT2D eigenvalue weighted by molar-refractivity contribution is 7.99. The second-order valence-electron chi connectivity index (χ2n) is 3.68. The molecule has 0 aliphatic heterocycles. The maximum Gasteiger partial charge on any atom is 0.187 e. The van der Waals surface area contributed by atoms with Crippen LogP contribution >= 0.6 is 11.8 Å². The molecule has 0 spiro atoms. The van der Waals surface area contributed by atoms with E-state index in [-0.39, 0.29) is 0 Å². The summed E-state index contributed by atoms with van der Waals surface area (Å²) in [4.78, 5) is 8.25. The minimum Gasteiger partial charge on any atom is -0.303 e. The van der Waals surface area contributed by atoms with Gasteiger partial charge in [-0.1, -0.05) is 11.8 Å². The van der Waals surface area contributed by atoms with E-state index in [0.29, 0.717) is 0 Å². The number of hydrogen-bond acceptors (Lipinski definition) is 5. The van der Waals surface area contributed by atoms with Crippen LogP contribution in [-0.2, 0) is 0 Å². The van der Waals surface area contributed by atoms with Crippen LogP contribution in [0.2, 0.25) is 0 Å². The summed E-state index contributed by atoms with van der Waals surface area (Å²) >= 11 is 1.62. The van der Waals surface area contributed by atoms with Crippen molar-refractivity contribution >= 4 is 11.8 Å².